The third-order valence-corrected chi connectivity index (χ3v) is 4.11. The lowest BCUT2D eigenvalue weighted by atomic mass is 10.0. The molecule has 1 fully saturated rings. The molecule has 0 heterocycles. The average molecular weight is 212 g/mol. The van der Waals surface area contributed by atoms with Crippen molar-refractivity contribution in [2.45, 2.75) is 59.0 Å². The summed E-state index contributed by atoms with van der Waals surface area (Å²) in [5, 5.41) is 0. The number of hydrogen-bond acceptors (Lipinski definition) is 2. The van der Waals surface area contributed by atoms with Crippen molar-refractivity contribution < 1.29 is 0 Å². The molecule has 0 aromatic heterocycles. The molecule has 1 rings (SSSR count). The van der Waals surface area contributed by atoms with Crippen molar-refractivity contribution in [3.05, 3.63) is 0 Å². The molecule has 90 valence electrons. The second-order valence-corrected chi connectivity index (χ2v) is 4.53. The lowest BCUT2D eigenvalue weighted by molar-refractivity contribution is -0.0453. The van der Waals surface area contributed by atoms with Crippen LogP contribution in [0.2, 0.25) is 0 Å². The second-order valence-electron chi connectivity index (χ2n) is 4.53. The van der Waals surface area contributed by atoms with Crippen LogP contribution in [-0.2, 0) is 0 Å². The van der Waals surface area contributed by atoms with Crippen LogP contribution in [0.1, 0.15) is 53.4 Å². The molecule has 0 saturated heterocycles. The summed E-state index contributed by atoms with van der Waals surface area (Å²) < 4.78 is 0. The normalized spacial score (nSPS) is 20.4. The van der Waals surface area contributed by atoms with Crippen LogP contribution in [0.15, 0.2) is 0 Å². The van der Waals surface area contributed by atoms with E-state index in [1.54, 1.807) is 0 Å². The first-order valence-corrected chi connectivity index (χ1v) is 6.75. The van der Waals surface area contributed by atoms with Crippen LogP contribution < -0.4 is 0 Å². The molecule has 0 amide bonds. The minimum Gasteiger partial charge on any atom is -0.286 e. The predicted molar refractivity (Wildman–Crippen MR) is 67.0 cm³/mol. The lowest BCUT2D eigenvalue weighted by Crippen LogP contribution is -2.58. The summed E-state index contributed by atoms with van der Waals surface area (Å²) in [4.78, 5) is 5.35. The Balaban J connectivity index is 2.85. The summed E-state index contributed by atoms with van der Waals surface area (Å²) >= 11 is 0. The quantitative estimate of drug-likeness (QED) is 0.625. The summed E-state index contributed by atoms with van der Waals surface area (Å²) in [6.07, 6.45) is 5.56. The maximum absolute atomic E-state index is 2.67. The van der Waals surface area contributed by atoms with Crippen molar-refractivity contribution >= 4 is 0 Å². The van der Waals surface area contributed by atoms with Gasteiger partial charge in [0.05, 0.1) is 5.66 Å². The zero-order chi connectivity index (χ0) is 11.3. The molecule has 0 atom stereocenters. The Morgan fingerprint density at radius 2 is 1.07 bits per heavy atom. The van der Waals surface area contributed by atoms with Gasteiger partial charge in [-0.2, -0.15) is 0 Å². The van der Waals surface area contributed by atoms with Gasteiger partial charge in [0.2, 0.25) is 0 Å². The zero-order valence-electron chi connectivity index (χ0n) is 11.1. The predicted octanol–water partition coefficient (Wildman–Crippen LogP) is 2.94. The third kappa shape index (κ3) is 2.36. The fraction of sp³-hybridized carbons (Fsp3) is 1.00. The van der Waals surface area contributed by atoms with E-state index in [0.29, 0.717) is 5.66 Å². The third-order valence-electron chi connectivity index (χ3n) is 4.11. The van der Waals surface area contributed by atoms with Crippen LogP contribution in [0.4, 0.5) is 0 Å². The molecular formula is C13H28N2. The van der Waals surface area contributed by atoms with E-state index in [2.05, 4.69) is 37.5 Å². The Morgan fingerprint density at radius 1 is 0.733 bits per heavy atom. The largest absolute Gasteiger partial charge is 0.286 e. The van der Waals surface area contributed by atoms with Gasteiger partial charge < -0.3 is 0 Å². The van der Waals surface area contributed by atoms with Gasteiger partial charge in [-0.05, 0) is 39.0 Å². The van der Waals surface area contributed by atoms with E-state index >= 15 is 0 Å². The van der Waals surface area contributed by atoms with Crippen LogP contribution in [0.3, 0.4) is 0 Å². The molecule has 2 heteroatoms. The molecule has 1 aliphatic carbocycles. The zero-order valence-corrected chi connectivity index (χ0v) is 11.1. The van der Waals surface area contributed by atoms with Gasteiger partial charge in [-0.25, -0.2) is 0 Å². The topological polar surface area (TPSA) is 6.48 Å². The molecule has 0 aromatic rings. The summed E-state index contributed by atoms with van der Waals surface area (Å²) in [5.41, 5.74) is 0.396. The Bertz CT molecular complexity index is 151. The van der Waals surface area contributed by atoms with Crippen molar-refractivity contribution in [1.29, 1.82) is 0 Å². The van der Waals surface area contributed by atoms with E-state index in [1.807, 2.05) is 0 Å². The molecule has 1 aliphatic rings. The van der Waals surface area contributed by atoms with E-state index in [-0.39, 0.29) is 0 Å². The van der Waals surface area contributed by atoms with E-state index in [9.17, 15) is 0 Å². The van der Waals surface area contributed by atoms with Crippen molar-refractivity contribution in [3.8, 4) is 0 Å². The molecular weight excluding hydrogens is 184 g/mol. The minimum absolute atomic E-state index is 0.396. The number of nitrogens with zero attached hydrogens (tertiary/aromatic N) is 2. The van der Waals surface area contributed by atoms with E-state index in [4.69, 9.17) is 0 Å². The fourth-order valence-corrected chi connectivity index (χ4v) is 3.40. The van der Waals surface area contributed by atoms with Gasteiger partial charge in [-0.1, -0.05) is 40.5 Å². The molecule has 0 bridgehead atoms. The highest BCUT2D eigenvalue weighted by Gasteiger charge is 2.41. The summed E-state index contributed by atoms with van der Waals surface area (Å²) in [6.45, 7) is 13.9. The van der Waals surface area contributed by atoms with Crippen LogP contribution in [0.25, 0.3) is 0 Å². The van der Waals surface area contributed by atoms with Crippen LogP contribution in [0.5, 0.6) is 0 Å². The van der Waals surface area contributed by atoms with E-state index in [1.165, 1.54) is 51.9 Å². The Hall–Kier alpha value is -0.0800. The van der Waals surface area contributed by atoms with Crippen molar-refractivity contribution in [2.24, 2.45) is 0 Å². The van der Waals surface area contributed by atoms with Crippen molar-refractivity contribution in [2.75, 3.05) is 26.2 Å². The molecule has 0 aromatic carbocycles. The molecule has 15 heavy (non-hydrogen) atoms. The second kappa shape index (κ2) is 5.86. The van der Waals surface area contributed by atoms with Crippen LogP contribution >= 0.6 is 0 Å². The molecule has 1 saturated carbocycles. The van der Waals surface area contributed by atoms with Gasteiger partial charge in [0.1, 0.15) is 0 Å². The van der Waals surface area contributed by atoms with Gasteiger partial charge >= 0.3 is 0 Å². The summed E-state index contributed by atoms with van der Waals surface area (Å²) in [5.74, 6) is 0. The maximum Gasteiger partial charge on any atom is 0.0737 e. The van der Waals surface area contributed by atoms with Gasteiger partial charge in [0, 0.05) is 0 Å². The van der Waals surface area contributed by atoms with E-state index in [0.717, 1.165) is 0 Å². The highest BCUT2D eigenvalue weighted by atomic mass is 15.4. The lowest BCUT2D eigenvalue weighted by Gasteiger charge is -2.48. The van der Waals surface area contributed by atoms with Crippen LogP contribution in [0, 0.1) is 0 Å². The first-order valence-electron chi connectivity index (χ1n) is 6.75. The Labute approximate surface area is 95.6 Å². The van der Waals surface area contributed by atoms with E-state index < -0.39 is 0 Å². The molecule has 2 nitrogen and oxygen atoms in total. The maximum atomic E-state index is 2.67. The number of rotatable bonds is 6. The summed E-state index contributed by atoms with van der Waals surface area (Å²) in [6, 6.07) is 0. The van der Waals surface area contributed by atoms with Gasteiger partial charge in [-0.3, -0.25) is 9.80 Å². The Kier molecular flexibility index (Phi) is 5.07. The molecule has 0 spiro atoms. The van der Waals surface area contributed by atoms with Gasteiger partial charge in [0.25, 0.3) is 0 Å². The monoisotopic (exact) mass is 212 g/mol. The fourth-order valence-electron chi connectivity index (χ4n) is 3.40. The smallest absolute Gasteiger partial charge is 0.0737 e. The first kappa shape index (κ1) is 13.0. The Morgan fingerprint density at radius 3 is 1.33 bits per heavy atom. The standard InChI is InChI=1S/C13H28N2/c1-5-14(6-2)13(11-9-10-12-13)15(7-3)8-4/h5-12H2,1-4H3. The average Bonchev–Trinajstić information content (AvgIpc) is 2.72. The van der Waals surface area contributed by atoms with Gasteiger partial charge in [-0.15, -0.1) is 0 Å². The SMILES string of the molecule is CCN(CC)C1(N(CC)CC)CCCC1. The van der Waals surface area contributed by atoms with Crippen molar-refractivity contribution in [3.63, 3.8) is 0 Å². The number of hydrogen-bond donors (Lipinski definition) is 0. The molecule has 0 radical (unpaired) electrons. The summed E-state index contributed by atoms with van der Waals surface area (Å²) in [7, 11) is 0. The molecule has 0 unspecified atom stereocenters. The molecule has 0 N–H and O–H groups in total. The van der Waals surface area contributed by atoms with Crippen LogP contribution in [-0.4, -0.2) is 41.6 Å². The highest BCUT2D eigenvalue weighted by Crippen LogP contribution is 2.37. The van der Waals surface area contributed by atoms with Crippen molar-refractivity contribution in [1.82, 2.24) is 9.80 Å². The first-order chi connectivity index (χ1) is 7.25. The minimum atomic E-state index is 0.396. The van der Waals surface area contributed by atoms with Gasteiger partial charge in [0.15, 0.2) is 0 Å². The molecule has 0 aliphatic heterocycles. The highest BCUT2D eigenvalue weighted by molar-refractivity contribution is 4.93.